The Morgan fingerprint density at radius 3 is 2.31 bits per heavy atom. The van der Waals surface area contributed by atoms with Crippen LogP contribution in [-0.4, -0.2) is 11.1 Å². The van der Waals surface area contributed by atoms with Gasteiger partial charge in [0, 0.05) is 0 Å². The van der Waals surface area contributed by atoms with Gasteiger partial charge < -0.3 is 5.11 Å². The van der Waals surface area contributed by atoms with Crippen molar-refractivity contribution in [2.75, 3.05) is 0 Å². The first-order valence-corrected chi connectivity index (χ1v) is 5.56. The Hall–Kier alpha value is -1.38. The first-order chi connectivity index (χ1) is 7.56. The Balaban J connectivity index is 1.90. The Labute approximate surface area is 93.1 Å². The zero-order chi connectivity index (χ0) is 11.4. The van der Waals surface area contributed by atoms with Crippen LogP contribution in [0.25, 0.3) is 0 Å². The number of aliphatic carboxylic acids is 1. The highest BCUT2D eigenvalue weighted by Gasteiger charge is 2.65. The Morgan fingerprint density at radius 1 is 1.19 bits per heavy atom. The maximum atomic E-state index is 12.8. The maximum Gasteiger partial charge on any atom is 0.309 e. The molecule has 3 aliphatic rings. The summed E-state index contributed by atoms with van der Waals surface area (Å²) in [5.41, 5.74) is 0.642. The van der Waals surface area contributed by atoms with Crippen molar-refractivity contribution in [3.63, 3.8) is 0 Å². The highest BCUT2D eigenvalue weighted by Crippen LogP contribution is 2.67. The van der Waals surface area contributed by atoms with Gasteiger partial charge in [-0.25, -0.2) is 4.39 Å². The third-order valence-corrected chi connectivity index (χ3v) is 4.35. The molecule has 0 radical (unpaired) electrons. The van der Waals surface area contributed by atoms with Crippen LogP contribution in [0, 0.1) is 11.2 Å². The second-order valence-electron chi connectivity index (χ2n) is 5.23. The SMILES string of the molecule is O=C(O)C12CCC(c3ccc(F)cc3)(C1)C2. The number of carboxylic acid groups (broad SMARTS) is 1. The fourth-order valence-corrected chi connectivity index (χ4v) is 3.49. The molecule has 0 amide bonds. The highest BCUT2D eigenvalue weighted by molar-refractivity contribution is 5.78. The third-order valence-electron chi connectivity index (χ3n) is 4.35. The normalized spacial score (nSPS) is 35.8. The number of halogens is 1. The molecule has 3 heteroatoms. The van der Waals surface area contributed by atoms with Crippen LogP contribution in [0.4, 0.5) is 4.39 Å². The van der Waals surface area contributed by atoms with Crippen molar-refractivity contribution < 1.29 is 14.3 Å². The standard InChI is InChI=1S/C13H13FO2/c14-10-3-1-9(2-4-10)12-5-6-13(7-12,8-12)11(15)16/h1-4H,5-8H2,(H,15,16). The summed E-state index contributed by atoms with van der Waals surface area (Å²) in [7, 11) is 0. The van der Waals surface area contributed by atoms with Crippen LogP contribution in [0.5, 0.6) is 0 Å². The number of hydrogen-bond acceptors (Lipinski definition) is 1. The molecule has 1 aromatic carbocycles. The molecule has 0 heterocycles. The van der Waals surface area contributed by atoms with E-state index in [9.17, 15) is 9.18 Å². The molecule has 16 heavy (non-hydrogen) atoms. The van der Waals surface area contributed by atoms with Crippen LogP contribution in [0.15, 0.2) is 24.3 Å². The molecule has 1 N–H and O–H groups in total. The Kier molecular flexibility index (Phi) is 1.74. The predicted molar refractivity (Wildman–Crippen MR) is 56.6 cm³/mol. The van der Waals surface area contributed by atoms with E-state index < -0.39 is 11.4 Å². The summed E-state index contributed by atoms with van der Waals surface area (Å²) in [4.78, 5) is 11.1. The Morgan fingerprint density at radius 2 is 1.81 bits per heavy atom. The van der Waals surface area contributed by atoms with Gasteiger partial charge in [0.1, 0.15) is 5.82 Å². The third kappa shape index (κ3) is 1.09. The van der Waals surface area contributed by atoms with E-state index in [1.165, 1.54) is 12.1 Å². The lowest BCUT2D eigenvalue weighted by Crippen LogP contribution is -2.45. The highest BCUT2D eigenvalue weighted by atomic mass is 19.1. The van der Waals surface area contributed by atoms with E-state index in [0.717, 1.165) is 31.2 Å². The van der Waals surface area contributed by atoms with Gasteiger partial charge in [0.05, 0.1) is 5.41 Å². The van der Waals surface area contributed by atoms with Crippen molar-refractivity contribution in [2.24, 2.45) is 5.41 Å². The van der Waals surface area contributed by atoms with Crippen LogP contribution in [0.1, 0.15) is 31.2 Å². The minimum atomic E-state index is -0.664. The van der Waals surface area contributed by atoms with E-state index >= 15 is 0 Å². The molecule has 0 atom stereocenters. The van der Waals surface area contributed by atoms with Gasteiger partial charge in [-0.05, 0) is 48.8 Å². The van der Waals surface area contributed by atoms with E-state index in [1.54, 1.807) is 12.1 Å². The van der Waals surface area contributed by atoms with Crippen LogP contribution in [0.3, 0.4) is 0 Å². The zero-order valence-electron chi connectivity index (χ0n) is 8.87. The number of hydrogen-bond donors (Lipinski definition) is 1. The molecule has 0 unspecified atom stereocenters. The van der Waals surface area contributed by atoms with Crippen LogP contribution < -0.4 is 0 Å². The molecule has 0 aliphatic heterocycles. The van der Waals surface area contributed by atoms with Crippen LogP contribution in [-0.2, 0) is 10.2 Å². The number of carbonyl (C=O) groups is 1. The molecule has 1 aromatic rings. The number of fused-ring (bicyclic) bond motifs is 1. The van der Waals surface area contributed by atoms with Gasteiger partial charge in [-0.3, -0.25) is 4.79 Å². The molecule has 0 spiro atoms. The molecule has 0 aromatic heterocycles. The molecule has 2 bridgehead atoms. The second-order valence-corrected chi connectivity index (χ2v) is 5.23. The lowest BCUT2D eigenvalue weighted by atomic mass is 9.57. The minimum Gasteiger partial charge on any atom is -0.481 e. The topological polar surface area (TPSA) is 37.3 Å². The summed E-state index contributed by atoms with van der Waals surface area (Å²) in [6.45, 7) is 0. The summed E-state index contributed by atoms with van der Waals surface area (Å²) in [6.07, 6.45) is 3.13. The van der Waals surface area contributed by atoms with E-state index in [-0.39, 0.29) is 11.2 Å². The number of rotatable bonds is 2. The number of carboxylic acids is 1. The molecule has 2 nitrogen and oxygen atoms in total. The summed E-state index contributed by atoms with van der Waals surface area (Å²) in [6, 6.07) is 6.52. The smallest absolute Gasteiger partial charge is 0.309 e. The predicted octanol–water partition coefficient (Wildman–Crippen LogP) is 2.72. The monoisotopic (exact) mass is 220 g/mol. The average molecular weight is 220 g/mol. The van der Waals surface area contributed by atoms with Gasteiger partial charge in [-0.15, -0.1) is 0 Å². The van der Waals surface area contributed by atoms with Crippen LogP contribution >= 0.6 is 0 Å². The maximum absolute atomic E-state index is 12.8. The summed E-state index contributed by atoms with van der Waals surface area (Å²) >= 11 is 0. The zero-order valence-corrected chi connectivity index (χ0v) is 8.87. The van der Waals surface area contributed by atoms with E-state index in [2.05, 4.69) is 0 Å². The summed E-state index contributed by atoms with van der Waals surface area (Å²) in [5, 5.41) is 9.16. The van der Waals surface area contributed by atoms with Gasteiger partial charge in [0.15, 0.2) is 0 Å². The van der Waals surface area contributed by atoms with Gasteiger partial charge in [0.25, 0.3) is 0 Å². The molecular weight excluding hydrogens is 207 g/mol. The molecule has 3 saturated carbocycles. The van der Waals surface area contributed by atoms with E-state index in [0.29, 0.717) is 0 Å². The first-order valence-electron chi connectivity index (χ1n) is 5.56. The van der Waals surface area contributed by atoms with Crippen LogP contribution in [0.2, 0.25) is 0 Å². The first kappa shape index (κ1) is 9.82. The molecular formula is C13H13FO2. The lowest BCUT2D eigenvalue weighted by Gasteiger charge is -2.45. The van der Waals surface area contributed by atoms with Gasteiger partial charge >= 0.3 is 5.97 Å². The molecule has 3 aliphatic carbocycles. The average Bonchev–Trinajstić information content (AvgIpc) is 2.74. The fraction of sp³-hybridized carbons (Fsp3) is 0.462. The van der Waals surface area contributed by atoms with Crippen molar-refractivity contribution in [1.29, 1.82) is 0 Å². The van der Waals surface area contributed by atoms with Crippen molar-refractivity contribution in [2.45, 2.75) is 31.1 Å². The van der Waals surface area contributed by atoms with Crippen molar-refractivity contribution >= 4 is 5.97 Å². The summed E-state index contributed by atoms with van der Waals surface area (Å²) < 4.78 is 12.8. The molecule has 84 valence electrons. The Bertz CT molecular complexity index is 444. The summed E-state index contributed by atoms with van der Waals surface area (Å²) in [5.74, 6) is -0.898. The van der Waals surface area contributed by atoms with E-state index in [4.69, 9.17) is 5.11 Å². The lowest BCUT2D eigenvalue weighted by molar-refractivity contribution is -0.154. The van der Waals surface area contributed by atoms with Gasteiger partial charge in [-0.1, -0.05) is 12.1 Å². The molecule has 3 fully saturated rings. The molecule has 0 saturated heterocycles. The fourth-order valence-electron chi connectivity index (χ4n) is 3.49. The van der Waals surface area contributed by atoms with Gasteiger partial charge in [0.2, 0.25) is 0 Å². The minimum absolute atomic E-state index is 0.0199. The second kappa shape index (κ2) is 2.84. The molecule has 4 rings (SSSR count). The van der Waals surface area contributed by atoms with E-state index in [1.807, 2.05) is 0 Å². The largest absolute Gasteiger partial charge is 0.481 e. The van der Waals surface area contributed by atoms with Crippen molar-refractivity contribution in [3.8, 4) is 0 Å². The quantitative estimate of drug-likeness (QED) is 0.832. The van der Waals surface area contributed by atoms with Gasteiger partial charge in [-0.2, -0.15) is 0 Å². The number of benzene rings is 1. The van der Waals surface area contributed by atoms with Crippen molar-refractivity contribution in [3.05, 3.63) is 35.6 Å². The van der Waals surface area contributed by atoms with Crippen molar-refractivity contribution in [1.82, 2.24) is 0 Å².